The summed E-state index contributed by atoms with van der Waals surface area (Å²) in [5.74, 6) is 0.0586. The first-order chi connectivity index (χ1) is 17.6. The van der Waals surface area contributed by atoms with Crippen molar-refractivity contribution < 1.29 is 14.3 Å². The molecular formula is C30H35N3O3. The third-order valence-electron chi connectivity index (χ3n) is 7.61. The number of hydrogen-bond donors (Lipinski definition) is 0. The van der Waals surface area contributed by atoms with Crippen molar-refractivity contribution in [2.24, 2.45) is 16.9 Å². The van der Waals surface area contributed by atoms with Crippen LogP contribution in [0.2, 0.25) is 0 Å². The Kier molecular flexibility index (Phi) is 7.61. The Hall–Kier alpha value is -3.25. The van der Waals surface area contributed by atoms with Gasteiger partial charge in [0, 0.05) is 5.92 Å². The van der Waals surface area contributed by atoms with Gasteiger partial charge in [-0.2, -0.15) is 5.10 Å². The first-order valence-electron chi connectivity index (χ1n) is 13.2. The molecule has 5 rings (SSSR count). The molecule has 2 unspecified atom stereocenters. The summed E-state index contributed by atoms with van der Waals surface area (Å²) in [4.78, 5) is 27.9. The maximum absolute atomic E-state index is 13.7. The number of carbonyl (C=O) groups is 2. The lowest BCUT2D eigenvalue weighted by molar-refractivity contribution is -0.149. The van der Waals surface area contributed by atoms with Gasteiger partial charge in [-0.1, -0.05) is 60.7 Å². The quantitative estimate of drug-likeness (QED) is 0.535. The molecule has 2 aromatic carbocycles. The Balaban J connectivity index is 1.36. The van der Waals surface area contributed by atoms with E-state index < -0.39 is 0 Å². The second-order valence-electron chi connectivity index (χ2n) is 9.96. The van der Waals surface area contributed by atoms with E-state index in [9.17, 15) is 9.59 Å². The van der Waals surface area contributed by atoms with Crippen LogP contribution in [0.5, 0.6) is 0 Å². The lowest BCUT2D eigenvalue weighted by Gasteiger charge is -2.33. The molecule has 2 aromatic rings. The smallest absolute Gasteiger partial charge is 0.309 e. The van der Waals surface area contributed by atoms with Crippen LogP contribution in [0.15, 0.2) is 71.3 Å². The normalized spacial score (nSPS) is 23.9. The lowest BCUT2D eigenvalue weighted by atomic mass is 9.77. The third-order valence-corrected chi connectivity index (χ3v) is 7.61. The highest BCUT2D eigenvalue weighted by molar-refractivity contribution is 6.08. The van der Waals surface area contributed by atoms with E-state index >= 15 is 0 Å². The number of carbonyl (C=O) groups excluding carboxylic acids is 2. The summed E-state index contributed by atoms with van der Waals surface area (Å²) in [5.41, 5.74) is 4.61. The molecule has 2 aliphatic heterocycles. The fraction of sp³-hybridized carbons (Fsp3) is 0.433. The number of nitrogens with zero attached hydrogens (tertiary/aromatic N) is 3. The predicted molar refractivity (Wildman–Crippen MR) is 141 cm³/mol. The van der Waals surface area contributed by atoms with Gasteiger partial charge in [0.2, 0.25) is 0 Å². The SMILES string of the molecule is CCOC(=O)C1CCN(CC(=O)N2N=C3/C(=C/c4ccccc4)CCCC3C2c2ccccc2)CC1. The molecule has 0 spiro atoms. The van der Waals surface area contributed by atoms with Crippen molar-refractivity contribution in [1.82, 2.24) is 9.91 Å². The van der Waals surface area contributed by atoms with Gasteiger partial charge in [-0.3, -0.25) is 14.5 Å². The molecular weight excluding hydrogens is 450 g/mol. The van der Waals surface area contributed by atoms with Crippen LogP contribution in [-0.4, -0.2) is 53.7 Å². The molecule has 188 valence electrons. The summed E-state index contributed by atoms with van der Waals surface area (Å²) in [6.45, 7) is 4.01. The number of hydrogen-bond acceptors (Lipinski definition) is 5. The van der Waals surface area contributed by atoms with E-state index in [2.05, 4.69) is 47.4 Å². The zero-order valence-corrected chi connectivity index (χ0v) is 21.0. The summed E-state index contributed by atoms with van der Waals surface area (Å²) in [6.07, 6.45) is 6.80. The van der Waals surface area contributed by atoms with Gasteiger partial charge in [-0.15, -0.1) is 0 Å². The lowest BCUT2D eigenvalue weighted by Crippen LogP contribution is -2.43. The number of benzene rings is 2. The number of fused-ring (bicyclic) bond motifs is 1. The van der Waals surface area contributed by atoms with Crippen LogP contribution in [0.25, 0.3) is 6.08 Å². The Morgan fingerprint density at radius 3 is 2.39 bits per heavy atom. The van der Waals surface area contributed by atoms with E-state index in [0.717, 1.165) is 56.5 Å². The van der Waals surface area contributed by atoms with E-state index in [1.54, 1.807) is 5.01 Å². The average molecular weight is 486 g/mol. The highest BCUT2D eigenvalue weighted by Gasteiger charge is 2.44. The average Bonchev–Trinajstić information content (AvgIpc) is 3.31. The van der Waals surface area contributed by atoms with E-state index in [1.807, 2.05) is 31.2 Å². The second-order valence-corrected chi connectivity index (χ2v) is 9.96. The molecule has 2 atom stereocenters. The van der Waals surface area contributed by atoms with E-state index in [4.69, 9.17) is 9.84 Å². The molecule has 1 aliphatic carbocycles. The molecule has 2 fully saturated rings. The highest BCUT2D eigenvalue weighted by atomic mass is 16.5. The van der Waals surface area contributed by atoms with Crippen LogP contribution < -0.4 is 0 Å². The first-order valence-corrected chi connectivity index (χ1v) is 13.2. The standard InChI is InChI=1S/C30H35N3O3/c1-2-36-30(35)24-16-18-32(19-17-24)21-27(34)33-29(23-12-7-4-8-13-23)26-15-9-14-25(28(26)31-33)20-22-10-5-3-6-11-22/h3-8,10-13,20,24,26,29H,2,9,14-19,21H2,1H3/b25-20+. The third kappa shape index (κ3) is 5.29. The van der Waals surface area contributed by atoms with Crippen LogP contribution in [0.3, 0.4) is 0 Å². The largest absolute Gasteiger partial charge is 0.466 e. The first kappa shape index (κ1) is 24.4. The fourth-order valence-electron chi connectivity index (χ4n) is 5.79. The Morgan fingerprint density at radius 1 is 1.00 bits per heavy atom. The summed E-state index contributed by atoms with van der Waals surface area (Å²) in [5, 5.41) is 6.77. The Labute approximate surface area is 213 Å². The van der Waals surface area contributed by atoms with Gasteiger partial charge in [0.15, 0.2) is 0 Å². The van der Waals surface area contributed by atoms with Crippen molar-refractivity contribution in [3.63, 3.8) is 0 Å². The molecule has 1 saturated carbocycles. The molecule has 0 N–H and O–H groups in total. The summed E-state index contributed by atoms with van der Waals surface area (Å²) in [6, 6.07) is 20.6. The minimum Gasteiger partial charge on any atom is -0.466 e. The van der Waals surface area contributed by atoms with Crippen LogP contribution in [-0.2, 0) is 14.3 Å². The minimum absolute atomic E-state index is 0.0272. The molecule has 2 heterocycles. The molecule has 1 saturated heterocycles. The van der Waals surface area contributed by atoms with Crippen LogP contribution in [0.1, 0.15) is 56.2 Å². The van der Waals surface area contributed by atoms with Gasteiger partial charge in [0.1, 0.15) is 0 Å². The Bertz CT molecular complexity index is 1120. The maximum atomic E-state index is 13.7. The summed E-state index contributed by atoms with van der Waals surface area (Å²) >= 11 is 0. The van der Waals surface area contributed by atoms with Gasteiger partial charge < -0.3 is 4.74 Å². The van der Waals surface area contributed by atoms with Crippen LogP contribution in [0, 0.1) is 11.8 Å². The number of amides is 1. The van der Waals surface area contributed by atoms with Crippen LogP contribution >= 0.6 is 0 Å². The van der Waals surface area contributed by atoms with Gasteiger partial charge in [-0.25, -0.2) is 5.01 Å². The molecule has 0 aromatic heterocycles. The van der Waals surface area contributed by atoms with Gasteiger partial charge in [0.25, 0.3) is 5.91 Å². The molecule has 6 nitrogen and oxygen atoms in total. The molecule has 1 amide bonds. The van der Waals surface area contributed by atoms with Crippen molar-refractivity contribution in [2.75, 3.05) is 26.2 Å². The van der Waals surface area contributed by atoms with E-state index in [1.165, 1.54) is 11.1 Å². The summed E-state index contributed by atoms with van der Waals surface area (Å²) in [7, 11) is 0. The minimum atomic E-state index is -0.111. The maximum Gasteiger partial charge on any atom is 0.309 e. The number of hydrazone groups is 1. The molecule has 0 radical (unpaired) electrons. The molecule has 36 heavy (non-hydrogen) atoms. The van der Waals surface area contributed by atoms with Crippen molar-refractivity contribution in [2.45, 2.75) is 45.1 Å². The molecule has 3 aliphatic rings. The number of rotatable bonds is 6. The van der Waals surface area contributed by atoms with Gasteiger partial charge in [0.05, 0.1) is 30.8 Å². The number of allylic oxidation sites excluding steroid dienone is 1. The van der Waals surface area contributed by atoms with E-state index in [-0.39, 0.29) is 29.8 Å². The molecule has 0 bridgehead atoms. The second kappa shape index (κ2) is 11.2. The molecule has 6 heteroatoms. The van der Waals surface area contributed by atoms with Crippen molar-refractivity contribution >= 4 is 23.7 Å². The van der Waals surface area contributed by atoms with Crippen molar-refractivity contribution in [3.05, 3.63) is 77.4 Å². The number of piperidine rings is 1. The monoisotopic (exact) mass is 485 g/mol. The van der Waals surface area contributed by atoms with Gasteiger partial charge in [-0.05, 0) is 74.9 Å². The van der Waals surface area contributed by atoms with Gasteiger partial charge >= 0.3 is 5.97 Å². The van der Waals surface area contributed by atoms with Crippen LogP contribution in [0.4, 0.5) is 0 Å². The zero-order chi connectivity index (χ0) is 24.9. The topological polar surface area (TPSA) is 62.2 Å². The van der Waals surface area contributed by atoms with E-state index in [0.29, 0.717) is 13.2 Å². The predicted octanol–water partition coefficient (Wildman–Crippen LogP) is 5.08. The Morgan fingerprint density at radius 2 is 1.69 bits per heavy atom. The summed E-state index contributed by atoms with van der Waals surface area (Å²) < 4.78 is 5.19. The van der Waals surface area contributed by atoms with Crippen molar-refractivity contribution in [3.8, 4) is 0 Å². The zero-order valence-electron chi connectivity index (χ0n) is 21.0. The van der Waals surface area contributed by atoms with Crippen molar-refractivity contribution in [1.29, 1.82) is 0 Å². The number of ether oxygens (including phenoxy) is 1. The number of likely N-dealkylation sites (tertiary alicyclic amines) is 1. The fourth-order valence-corrected chi connectivity index (χ4v) is 5.79. The number of esters is 1. The highest BCUT2D eigenvalue weighted by Crippen LogP contribution is 2.44.